The van der Waals surface area contributed by atoms with Crippen LogP contribution in [0.4, 0.5) is 0 Å². The molecule has 1 saturated heterocycles. The number of piperidine rings is 1. The SMILES string of the molecule is NCC1CCCN(Cc2c[nH]c3ccccc23)C1. The van der Waals surface area contributed by atoms with Crippen molar-refractivity contribution in [1.29, 1.82) is 0 Å². The predicted octanol–water partition coefficient (Wildman–Crippen LogP) is 2.34. The van der Waals surface area contributed by atoms with Gasteiger partial charge in [0.25, 0.3) is 0 Å². The lowest BCUT2D eigenvalue weighted by atomic mass is 9.98. The van der Waals surface area contributed by atoms with Crippen LogP contribution < -0.4 is 5.73 Å². The highest BCUT2D eigenvalue weighted by Gasteiger charge is 2.19. The number of fused-ring (bicyclic) bond motifs is 1. The minimum absolute atomic E-state index is 0.684. The Kier molecular flexibility index (Phi) is 3.35. The summed E-state index contributed by atoms with van der Waals surface area (Å²) in [6.07, 6.45) is 4.72. The van der Waals surface area contributed by atoms with Gasteiger partial charge in [-0.15, -0.1) is 0 Å². The van der Waals surface area contributed by atoms with Crippen molar-refractivity contribution in [3.63, 3.8) is 0 Å². The maximum Gasteiger partial charge on any atom is 0.0457 e. The summed E-state index contributed by atoms with van der Waals surface area (Å²) in [4.78, 5) is 5.89. The average Bonchev–Trinajstić information content (AvgIpc) is 2.83. The summed E-state index contributed by atoms with van der Waals surface area (Å²) in [6, 6.07) is 8.52. The molecule has 96 valence electrons. The molecule has 0 radical (unpaired) electrons. The van der Waals surface area contributed by atoms with Crippen molar-refractivity contribution in [1.82, 2.24) is 9.88 Å². The van der Waals surface area contributed by atoms with E-state index in [1.54, 1.807) is 0 Å². The van der Waals surface area contributed by atoms with E-state index < -0.39 is 0 Å². The molecule has 0 aliphatic carbocycles. The van der Waals surface area contributed by atoms with Crippen molar-refractivity contribution in [3.8, 4) is 0 Å². The van der Waals surface area contributed by atoms with Crippen molar-refractivity contribution < 1.29 is 0 Å². The zero-order valence-electron chi connectivity index (χ0n) is 10.7. The molecule has 0 saturated carbocycles. The Labute approximate surface area is 108 Å². The van der Waals surface area contributed by atoms with Gasteiger partial charge in [0, 0.05) is 30.2 Å². The molecular weight excluding hydrogens is 222 g/mol. The Morgan fingerprint density at radius 3 is 3.11 bits per heavy atom. The Morgan fingerprint density at radius 1 is 1.33 bits per heavy atom. The topological polar surface area (TPSA) is 45.0 Å². The van der Waals surface area contributed by atoms with Gasteiger partial charge in [-0.1, -0.05) is 18.2 Å². The highest BCUT2D eigenvalue weighted by Crippen LogP contribution is 2.22. The number of benzene rings is 1. The van der Waals surface area contributed by atoms with Crippen LogP contribution in [-0.2, 0) is 6.54 Å². The number of hydrogen-bond acceptors (Lipinski definition) is 2. The van der Waals surface area contributed by atoms with Crippen molar-refractivity contribution in [2.24, 2.45) is 11.7 Å². The van der Waals surface area contributed by atoms with Crippen molar-refractivity contribution in [2.45, 2.75) is 19.4 Å². The fraction of sp³-hybridized carbons (Fsp3) is 0.467. The average molecular weight is 243 g/mol. The standard InChI is InChI=1S/C15H21N3/c16-8-12-4-3-7-18(10-12)11-13-9-17-15-6-2-1-5-14(13)15/h1-2,5-6,9,12,17H,3-4,7-8,10-11,16H2. The molecule has 18 heavy (non-hydrogen) atoms. The largest absolute Gasteiger partial charge is 0.361 e. The van der Waals surface area contributed by atoms with Gasteiger partial charge in [-0.2, -0.15) is 0 Å². The quantitative estimate of drug-likeness (QED) is 0.869. The van der Waals surface area contributed by atoms with Gasteiger partial charge in [-0.25, -0.2) is 0 Å². The Morgan fingerprint density at radius 2 is 2.22 bits per heavy atom. The van der Waals surface area contributed by atoms with Gasteiger partial charge in [0.1, 0.15) is 0 Å². The third-order valence-corrected chi connectivity index (χ3v) is 4.01. The zero-order valence-corrected chi connectivity index (χ0v) is 10.7. The first-order chi connectivity index (χ1) is 8.86. The minimum atomic E-state index is 0.684. The van der Waals surface area contributed by atoms with E-state index >= 15 is 0 Å². The summed E-state index contributed by atoms with van der Waals surface area (Å²) in [5.41, 5.74) is 8.44. The van der Waals surface area contributed by atoms with Gasteiger partial charge in [0.05, 0.1) is 0 Å². The van der Waals surface area contributed by atoms with E-state index in [1.807, 2.05) is 0 Å². The molecule has 3 nitrogen and oxygen atoms in total. The molecule has 3 heteroatoms. The molecule has 2 aromatic rings. The number of rotatable bonds is 3. The number of likely N-dealkylation sites (tertiary alicyclic amines) is 1. The van der Waals surface area contributed by atoms with Gasteiger partial charge < -0.3 is 10.7 Å². The van der Waals surface area contributed by atoms with Gasteiger partial charge in [0.15, 0.2) is 0 Å². The fourth-order valence-corrected chi connectivity index (χ4v) is 2.99. The molecule has 1 unspecified atom stereocenters. The monoisotopic (exact) mass is 243 g/mol. The van der Waals surface area contributed by atoms with Crippen molar-refractivity contribution >= 4 is 10.9 Å². The molecule has 1 aliphatic heterocycles. The van der Waals surface area contributed by atoms with Crippen LogP contribution in [0.2, 0.25) is 0 Å². The third kappa shape index (κ3) is 2.28. The lowest BCUT2D eigenvalue weighted by Crippen LogP contribution is -2.37. The minimum Gasteiger partial charge on any atom is -0.361 e. The zero-order chi connectivity index (χ0) is 12.4. The number of para-hydroxylation sites is 1. The van der Waals surface area contributed by atoms with Crippen LogP contribution in [0.3, 0.4) is 0 Å². The Balaban J connectivity index is 1.76. The normalized spacial score (nSPS) is 21.5. The van der Waals surface area contributed by atoms with E-state index in [2.05, 4.69) is 40.3 Å². The number of nitrogens with one attached hydrogen (secondary N) is 1. The van der Waals surface area contributed by atoms with Crippen LogP contribution >= 0.6 is 0 Å². The van der Waals surface area contributed by atoms with E-state index in [4.69, 9.17) is 5.73 Å². The molecule has 1 atom stereocenters. The maximum absolute atomic E-state index is 5.80. The van der Waals surface area contributed by atoms with E-state index in [9.17, 15) is 0 Å². The molecule has 3 rings (SSSR count). The summed E-state index contributed by atoms with van der Waals surface area (Å²) >= 11 is 0. The van der Waals surface area contributed by atoms with Crippen molar-refractivity contribution in [3.05, 3.63) is 36.0 Å². The van der Waals surface area contributed by atoms with Gasteiger partial charge in [-0.3, -0.25) is 4.90 Å². The van der Waals surface area contributed by atoms with Crippen LogP contribution in [0.25, 0.3) is 10.9 Å². The third-order valence-electron chi connectivity index (χ3n) is 4.01. The number of hydrogen-bond donors (Lipinski definition) is 2. The van der Waals surface area contributed by atoms with Gasteiger partial charge in [-0.05, 0) is 43.5 Å². The number of nitrogens with two attached hydrogens (primary N) is 1. The van der Waals surface area contributed by atoms with E-state index in [1.165, 1.54) is 35.9 Å². The van der Waals surface area contributed by atoms with E-state index in [0.29, 0.717) is 5.92 Å². The Hall–Kier alpha value is -1.32. The molecule has 0 bridgehead atoms. The summed E-state index contributed by atoms with van der Waals surface area (Å²) in [5, 5.41) is 1.35. The summed E-state index contributed by atoms with van der Waals surface area (Å²) in [7, 11) is 0. The molecule has 1 aliphatic rings. The predicted molar refractivity (Wildman–Crippen MR) is 75.4 cm³/mol. The van der Waals surface area contributed by atoms with Crippen LogP contribution in [0.1, 0.15) is 18.4 Å². The van der Waals surface area contributed by atoms with Crippen LogP contribution in [0.15, 0.2) is 30.5 Å². The van der Waals surface area contributed by atoms with Crippen LogP contribution in [0, 0.1) is 5.92 Å². The molecule has 2 heterocycles. The fourth-order valence-electron chi connectivity index (χ4n) is 2.99. The first-order valence-electron chi connectivity index (χ1n) is 6.84. The van der Waals surface area contributed by atoms with E-state index in [-0.39, 0.29) is 0 Å². The van der Waals surface area contributed by atoms with Crippen molar-refractivity contribution in [2.75, 3.05) is 19.6 Å². The second-order valence-corrected chi connectivity index (χ2v) is 5.34. The van der Waals surface area contributed by atoms with E-state index in [0.717, 1.165) is 19.6 Å². The summed E-state index contributed by atoms with van der Waals surface area (Å²) in [6.45, 7) is 4.22. The highest BCUT2D eigenvalue weighted by atomic mass is 15.1. The van der Waals surface area contributed by atoms with Gasteiger partial charge >= 0.3 is 0 Å². The second kappa shape index (κ2) is 5.12. The van der Waals surface area contributed by atoms with Crippen LogP contribution in [-0.4, -0.2) is 29.5 Å². The smallest absolute Gasteiger partial charge is 0.0457 e. The number of aromatic amines is 1. The number of nitrogens with zero attached hydrogens (tertiary/aromatic N) is 1. The molecule has 1 aromatic carbocycles. The first-order valence-corrected chi connectivity index (χ1v) is 6.84. The first kappa shape index (κ1) is 11.8. The Bertz CT molecular complexity index is 517. The maximum atomic E-state index is 5.80. The number of H-pyrrole nitrogens is 1. The lowest BCUT2D eigenvalue weighted by molar-refractivity contribution is 0.171. The molecule has 0 spiro atoms. The molecule has 1 aromatic heterocycles. The summed E-state index contributed by atoms with van der Waals surface area (Å²) in [5.74, 6) is 0.684. The molecular formula is C15H21N3. The second-order valence-electron chi connectivity index (χ2n) is 5.34. The van der Waals surface area contributed by atoms with Crippen LogP contribution in [0.5, 0.6) is 0 Å². The summed E-state index contributed by atoms with van der Waals surface area (Å²) < 4.78 is 0. The number of aromatic nitrogens is 1. The molecule has 1 fully saturated rings. The lowest BCUT2D eigenvalue weighted by Gasteiger charge is -2.31. The molecule has 0 amide bonds. The molecule has 3 N–H and O–H groups in total. The van der Waals surface area contributed by atoms with Gasteiger partial charge in [0.2, 0.25) is 0 Å². The highest BCUT2D eigenvalue weighted by molar-refractivity contribution is 5.82.